The van der Waals surface area contributed by atoms with Crippen molar-refractivity contribution in [1.82, 2.24) is 0 Å². The monoisotopic (exact) mass is 503 g/mol. The Labute approximate surface area is 209 Å². The molecule has 1 saturated heterocycles. The first-order chi connectivity index (χ1) is 17.4. The van der Waals surface area contributed by atoms with E-state index >= 15 is 0 Å². The number of aromatic carboxylic acids is 1. The van der Waals surface area contributed by atoms with Gasteiger partial charge in [-0.1, -0.05) is 18.2 Å². The maximum atomic E-state index is 12.9. The summed E-state index contributed by atoms with van der Waals surface area (Å²) in [5.74, 6) is 0.823. The zero-order valence-corrected chi connectivity index (χ0v) is 20.3. The normalized spacial score (nSPS) is 17.3. The van der Waals surface area contributed by atoms with Crippen LogP contribution in [-0.4, -0.2) is 31.8 Å². The minimum absolute atomic E-state index is 0.0803. The van der Waals surface area contributed by atoms with Crippen molar-refractivity contribution in [1.29, 1.82) is 0 Å². The Morgan fingerprint density at radius 3 is 2.36 bits per heavy atom. The molecule has 8 heteroatoms. The summed E-state index contributed by atoms with van der Waals surface area (Å²) in [5, 5.41) is 10.6. The number of ether oxygens (including phenoxy) is 1. The number of carboxylic acid groups (broad SMARTS) is 1. The molecule has 1 N–H and O–H groups in total. The fourth-order valence-electron chi connectivity index (χ4n) is 4.86. The van der Waals surface area contributed by atoms with Crippen LogP contribution in [0.2, 0.25) is 0 Å². The summed E-state index contributed by atoms with van der Waals surface area (Å²) < 4.78 is 39.2. The molecule has 0 bridgehead atoms. The van der Waals surface area contributed by atoms with Gasteiger partial charge < -0.3 is 14.3 Å². The average molecular weight is 504 g/mol. The summed E-state index contributed by atoms with van der Waals surface area (Å²) in [6.45, 7) is 0.426. The third kappa shape index (κ3) is 4.11. The lowest BCUT2D eigenvalue weighted by atomic mass is 10.0. The van der Waals surface area contributed by atoms with Crippen LogP contribution in [-0.2, 0) is 10.0 Å². The van der Waals surface area contributed by atoms with Crippen molar-refractivity contribution in [3.63, 3.8) is 0 Å². The molecule has 0 unspecified atom stereocenters. The van der Waals surface area contributed by atoms with E-state index in [1.807, 2.05) is 36.4 Å². The molecule has 3 aromatic carbocycles. The number of carbonyl (C=O) groups is 1. The molecular formula is C28H25NO6S. The Bertz CT molecular complexity index is 1550. The molecule has 6 rings (SSSR count). The summed E-state index contributed by atoms with van der Waals surface area (Å²) in [6.07, 6.45) is 3.37. The molecule has 7 nitrogen and oxygen atoms in total. The Kier molecular flexibility index (Phi) is 5.48. The van der Waals surface area contributed by atoms with Crippen molar-refractivity contribution in [3.05, 3.63) is 77.9 Å². The summed E-state index contributed by atoms with van der Waals surface area (Å²) in [5.41, 5.74) is 2.55. The molecule has 2 aliphatic rings. The fourth-order valence-corrected chi connectivity index (χ4v) is 6.51. The van der Waals surface area contributed by atoms with Crippen molar-refractivity contribution in [2.24, 2.45) is 0 Å². The molecule has 4 aromatic rings. The highest BCUT2D eigenvalue weighted by molar-refractivity contribution is 7.92. The summed E-state index contributed by atoms with van der Waals surface area (Å²) in [4.78, 5) is 12.4. The number of sulfonamides is 1. The number of benzene rings is 3. The average Bonchev–Trinajstić information content (AvgIpc) is 3.64. The Hall–Kier alpha value is -3.78. The number of carboxylic acids is 1. The Morgan fingerprint density at radius 2 is 1.69 bits per heavy atom. The van der Waals surface area contributed by atoms with Gasteiger partial charge >= 0.3 is 5.97 Å². The fraction of sp³-hybridized carbons (Fsp3) is 0.250. The van der Waals surface area contributed by atoms with Gasteiger partial charge in [-0.25, -0.2) is 13.2 Å². The standard InChI is InChI=1S/C28H25NO6S/c30-28(31)26-23-16-22(18-8-9-18)24(29-14-4-5-15-36(29,32)33)17-25(23)35-27(26)19-10-12-21(13-11-19)34-20-6-2-1-3-7-20/h1-3,6-7,10-13,16-18H,4-5,8-9,14-15H2,(H,30,31). The number of hydrogen-bond acceptors (Lipinski definition) is 5. The third-order valence-corrected chi connectivity index (χ3v) is 8.64. The number of rotatable bonds is 6. The van der Waals surface area contributed by atoms with Crippen LogP contribution < -0.4 is 9.04 Å². The van der Waals surface area contributed by atoms with Crippen LogP contribution in [0.15, 0.2) is 71.1 Å². The molecule has 0 radical (unpaired) electrons. The van der Waals surface area contributed by atoms with Crippen LogP contribution in [0, 0.1) is 0 Å². The lowest BCUT2D eigenvalue weighted by molar-refractivity contribution is 0.0699. The van der Waals surface area contributed by atoms with Crippen LogP contribution in [0.1, 0.15) is 47.5 Å². The van der Waals surface area contributed by atoms with E-state index in [0.717, 1.165) is 24.8 Å². The van der Waals surface area contributed by atoms with Crippen LogP contribution in [0.4, 0.5) is 5.69 Å². The van der Waals surface area contributed by atoms with Gasteiger partial charge in [0.15, 0.2) is 0 Å². The highest BCUT2D eigenvalue weighted by atomic mass is 32.2. The first-order valence-corrected chi connectivity index (χ1v) is 13.7. The van der Waals surface area contributed by atoms with Gasteiger partial charge in [-0.3, -0.25) is 4.31 Å². The molecule has 1 aliphatic carbocycles. The minimum Gasteiger partial charge on any atom is -0.478 e. The van der Waals surface area contributed by atoms with Gasteiger partial charge in [-0.2, -0.15) is 0 Å². The van der Waals surface area contributed by atoms with E-state index in [9.17, 15) is 18.3 Å². The first-order valence-electron chi connectivity index (χ1n) is 12.1. The van der Waals surface area contributed by atoms with E-state index in [2.05, 4.69) is 0 Å². The number of para-hydroxylation sites is 1. The molecule has 1 aliphatic heterocycles. The highest BCUT2D eigenvalue weighted by Gasteiger charge is 2.35. The largest absolute Gasteiger partial charge is 0.478 e. The van der Waals surface area contributed by atoms with Crippen molar-refractivity contribution >= 4 is 32.6 Å². The number of anilines is 1. The maximum Gasteiger partial charge on any atom is 0.340 e. The molecule has 0 amide bonds. The van der Waals surface area contributed by atoms with Gasteiger partial charge in [-0.05, 0) is 79.6 Å². The van der Waals surface area contributed by atoms with E-state index in [0.29, 0.717) is 46.7 Å². The molecule has 1 aromatic heterocycles. The molecule has 184 valence electrons. The minimum atomic E-state index is -3.41. The van der Waals surface area contributed by atoms with Gasteiger partial charge in [0.1, 0.15) is 28.4 Å². The van der Waals surface area contributed by atoms with Crippen molar-refractivity contribution < 1.29 is 27.5 Å². The van der Waals surface area contributed by atoms with Gasteiger partial charge in [0.25, 0.3) is 0 Å². The van der Waals surface area contributed by atoms with Gasteiger partial charge in [-0.15, -0.1) is 0 Å². The Balaban J connectivity index is 1.44. The molecule has 36 heavy (non-hydrogen) atoms. The second-order valence-corrected chi connectivity index (χ2v) is 11.3. The molecule has 0 atom stereocenters. The van der Waals surface area contributed by atoms with Crippen LogP contribution in [0.25, 0.3) is 22.3 Å². The van der Waals surface area contributed by atoms with Crippen molar-refractivity contribution in [3.8, 4) is 22.8 Å². The molecule has 0 spiro atoms. The topological polar surface area (TPSA) is 97.1 Å². The predicted molar refractivity (Wildman–Crippen MR) is 137 cm³/mol. The van der Waals surface area contributed by atoms with Crippen LogP contribution in [0.3, 0.4) is 0 Å². The number of hydrogen-bond donors (Lipinski definition) is 1. The van der Waals surface area contributed by atoms with E-state index in [4.69, 9.17) is 9.15 Å². The number of furan rings is 1. The van der Waals surface area contributed by atoms with Crippen molar-refractivity contribution in [2.75, 3.05) is 16.6 Å². The van der Waals surface area contributed by atoms with E-state index < -0.39 is 16.0 Å². The second kappa shape index (κ2) is 8.71. The van der Waals surface area contributed by atoms with Gasteiger partial charge in [0, 0.05) is 23.6 Å². The zero-order valence-electron chi connectivity index (χ0n) is 19.5. The quantitative estimate of drug-likeness (QED) is 0.327. The smallest absolute Gasteiger partial charge is 0.340 e. The summed E-state index contributed by atoms with van der Waals surface area (Å²) in [6, 6.07) is 20.0. The Morgan fingerprint density at radius 1 is 0.972 bits per heavy atom. The van der Waals surface area contributed by atoms with E-state index in [1.165, 1.54) is 4.31 Å². The van der Waals surface area contributed by atoms with Gasteiger partial charge in [0.05, 0.1) is 11.4 Å². The zero-order chi connectivity index (χ0) is 24.9. The number of fused-ring (bicyclic) bond motifs is 1. The summed E-state index contributed by atoms with van der Waals surface area (Å²) >= 11 is 0. The third-order valence-electron chi connectivity index (χ3n) is 6.78. The second-order valence-electron chi connectivity index (χ2n) is 9.33. The molecular weight excluding hydrogens is 478 g/mol. The molecule has 2 fully saturated rings. The molecule has 1 saturated carbocycles. The SMILES string of the molecule is O=C(O)c1c(-c2ccc(Oc3ccccc3)cc2)oc2cc(N3CCCCS3(=O)=O)c(C3CC3)cc12. The van der Waals surface area contributed by atoms with E-state index in [-0.39, 0.29) is 23.0 Å². The van der Waals surface area contributed by atoms with Crippen molar-refractivity contribution in [2.45, 2.75) is 31.6 Å². The van der Waals surface area contributed by atoms with Crippen LogP contribution in [0.5, 0.6) is 11.5 Å². The maximum absolute atomic E-state index is 12.9. The van der Waals surface area contributed by atoms with Crippen LogP contribution >= 0.6 is 0 Å². The summed E-state index contributed by atoms with van der Waals surface area (Å²) in [7, 11) is -3.41. The first kappa shape index (κ1) is 22.7. The molecule has 2 heterocycles. The lowest BCUT2D eigenvalue weighted by Gasteiger charge is -2.30. The number of nitrogens with zero attached hydrogens (tertiary/aromatic N) is 1. The highest BCUT2D eigenvalue weighted by Crippen LogP contribution is 2.48. The van der Waals surface area contributed by atoms with Gasteiger partial charge in [0.2, 0.25) is 10.0 Å². The lowest BCUT2D eigenvalue weighted by Crippen LogP contribution is -2.38. The van der Waals surface area contributed by atoms with E-state index in [1.54, 1.807) is 30.3 Å². The predicted octanol–water partition coefficient (Wildman–Crippen LogP) is 6.40.